The van der Waals surface area contributed by atoms with Crippen LogP contribution in [0.3, 0.4) is 0 Å². The Morgan fingerprint density at radius 3 is 2.89 bits per heavy atom. The van der Waals surface area contributed by atoms with E-state index < -0.39 is 0 Å². The highest BCUT2D eigenvalue weighted by Gasteiger charge is 2.06. The van der Waals surface area contributed by atoms with Gasteiger partial charge in [0.15, 0.2) is 4.77 Å². The number of hydrogen-bond donors (Lipinski definition) is 1. The van der Waals surface area contributed by atoms with Crippen LogP contribution in [-0.4, -0.2) is 16.7 Å². The monoisotopic (exact) mass is 264 g/mol. The van der Waals surface area contributed by atoms with Crippen LogP contribution in [0.5, 0.6) is 5.75 Å². The first-order valence-corrected chi connectivity index (χ1v) is 6.39. The van der Waals surface area contributed by atoms with Gasteiger partial charge < -0.3 is 9.72 Å². The minimum atomic E-state index is -0.0545. The van der Waals surface area contributed by atoms with Gasteiger partial charge in [-0.05, 0) is 36.8 Å². The molecule has 4 nitrogen and oxygen atoms in total. The molecule has 0 unspecified atom stereocenters. The third-order valence-corrected chi connectivity index (χ3v) is 3.25. The number of aromatic amines is 1. The van der Waals surface area contributed by atoms with E-state index in [0.29, 0.717) is 22.5 Å². The maximum Gasteiger partial charge on any atom is 0.262 e. The summed E-state index contributed by atoms with van der Waals surface area (Å²) < 4.78 is 7.23. The Morgan fingerprint density at radius 2 is 2.22 bits per heavy atom. The van der Waals surface area contributed by atoms with Crippen molar-refractivity contribution >= 4 is 23.1 Å². The number of H-pyrrole nitrogens is 1. The van der Waals surface area contributed by atoms with Gasteiger partial charge in [-0.15, -0.1) is 0 Å². The summed E-state index contributed by atoms with van der Waals surface area (Å²) in [6, 6.07) is 5.37. The lowest BCUT2D eigenvalue weighted by atomic mass is 10.2. The molecule has 0 aliphatic carbocycles. The van der Waals surface area contributed by atoms with Crippen LogP contribution in [0.25, 0.3) is 10.9 Å². The molecule has 1 aromatic heterocycles. The first kappa shape index (κ1) is 12.8. The molecule has 1 heterocycles. The van der Waals surface area contributed by atoms with E-state index in [0.717, 1.165) is 18.4 Å². The van der Waals surface area contributed by atoms with E-state index in [9.17, 15) is 4.79 Å². The van der Waals surface area contributed by atoms with E-state index in [1.165, 1.54) is 0 Å². The number of fused-ring (bicyclic) bond motifs is 1. The van der Waals surface area contributed by atoms with Gasteiger partial charge in [0.25, 0.3) is 5.56 Å². The molecule has 2 rings (SSSR count). The molecule has 0 aliphatic rings. The van der Waals surface area contributed by atoms with Crippen LogP contribution in [-0.2, 0) is 6.54 Å². The van der Waals surface area contributed by atoms with Gasteiger partial charge in [-0.3, -0.25) is 9.36 Å². The molecule has 0 bridgehead atoms. The highest BCUT2D eigenvalue weighted by atomic mass is 32.1. The van der Waals surface area contributed by atoms with Crippen molar-refractivity contribution in [2.45, 2.75) is 26.3 Å². The number of aromatic nitrogens is 2. The molecular weight excluding hydrogens is 248 g/mol. The van der Waals surface area contributed by atoms with E-state index in [-0.39, 0.29) is 5.56 Å². The smallest absolute Gasteiger partial charge is 0.262 e. The van der Waals surface area contributed by atoms with Crippen molar-refractivity contribution in [2.24, 2.45) is 0 Å². The number of nitrogens with one attached hydrogen (secondary N) is 1. The third kappa shape index (κ3) is 2.31. The summed E-state index contributed by atoms with van der Waals surface area (Å²) in [5.74, 6) is 0.673. The average Bonchev–Trinajstić information content (AvgIpc) is 2.38. The quantitative estimate of drug-likeness (QED) is 0.864. The minimum Gasteiger partial charge on any atom is -0.497 e. The number of rotatable bonds is 4. The second kappa shape index (κ2) is 5.35. The summed E-state index contributed by atoms with van der Waals surface area (Å²) >= 11 is 5.22. The Labute approximate surface area is 110 Å². The Bertz CT molecular complexity index is 673. The molecule has 2 aromatic rings. The van der Waals surface area contributed by atoms with Crippen LogP contribution in [0.1, 0.15) is 19.8 Å². The Balaban J connectivity index is 2.66. The fourth-order valence-corrected chi connectivity index (χ4v) is 2.16. The van der Waals surface area contributed by atoms with Gasteiger partial charge in [0, 0.05) is 6.54 Å². The van der Waals surface area contributed by atoms with Gasteiger partial charge in [0.1, 0.15) is 5.75 Å². The molecule has 0 saturated heterocycles. The van der Waals surface area contributed by atoms with Gasteiger partial charge in [0.2, 0.25) is 0 Å². The van der Waals surface area contributed by atoms with Crippen molar-refractivity contribution in [3.63, 3.8) is 0 Å². The second-order valence-electron chi connectivity index (χ2n) is 4.15. The Kier molecular flexibility index (Phi) is 3.81. The lowest BCUT2D eigenvalue weighted by Gasteiger charge is -2.08. The maximum absolute atomic E-state index is 12.3. The molecule has 0 spiro atoms. The Morgan fingerprint density at radius 1 is 1.44 bits per heavy atom. The van der Waals surface area contributed by atoms with Crippen molar-refractivity contribution in [3.8, 4) is 5.75 Å². The zero-order valence-corrected chi connectivity index (χ0v) is 11.3. The topological polar surface area (TPSA) is 47.0 Å². The van der Waals surface area contributed by atoms with Gasteiger partial charge >= 0.3 is 0 Å². The largest absolute Gasteiger partial charge is 0.497 e. The number of benzene rings is 1. The van der Waals surface area contributed by atoms with Crippen LogP contribution in [0, 0.1) is 4.77 Å². The molecule has 1 aromatic carbocycles. The number of unbranched alkanes of at least 4 members (excludes halogenated alkanes) is 1. The molecule has 0 saturated carbocycles. The predicted molar refractivity (Wildman–Crippen MR) is 74.9 cm³/mol. The van der Waals surface area contributed by atoms with Crippen molar-refractivity contribution in [1.82, 2.24) is 9.55 Å². The fraction of sp³-hybridized carbons (Fsp3) is 0.385. The average molecular weight is 264 g/mol. The van der Waals surface area contributed by atoms with Crippen molar-refractivity contribution in [1.29, 1.82) is 0 Å². The molecule has 5 heteroatoms. The normalized spacial score (nSPS) is 10.8. The van der Waals surface area contributed by atoms with Gasteiger partial charge in [-0.25, -0.2) is 0 Å². The third-order valence-electron chi connectivity index (χ3n) is 2.92. The van der Waals surface area contributed by atoms with Gasteiger partial charge in [0.05, 0.1) is 18.0 Å². The lowest BCUT2D eigenvalue weighted by molar-refractivity contribution is 0.415. The van der Waals surface area contributed by atoms with E-state index in [1.54, 1.807) is 17.7 Å². The molecule has 18 heavy (non-hydrogen) atoms. The van der Waals surface area contributed by atoms with Crippen LogP contribution >= 0.6 is 12.2 Å². The summed E-state index contributed by atoms with van der Waals surface area (Å²) in [7, 11) is 1.59. The van der Waals surface area contributed by atoms with Crippen molar-refractivity contribution in [2.75, 3.05) is 7.11 Å². The zero-order valence-electron chi connectivity index (χ0n) is 10.5. The summed E-state index contributed by atoms with van der Waals surface area (Å²) in [6.07, 6.45) is 1.96. The molecule has 0 fully saturated rings. The molecule has 0 atom stereocenters. The number of hydrogen-bond acceptors (Lipinski definition) is 3. The van der Waals surface area contributed by atoms with E-state index in [1.807, 2.05) is 12.1 Å². The van der Waals surface area contributed by atoms with Gasteiger partial charge in [-0.2, -0.15) is 0 Å². The number of nitrogens with zero attached hydrogens (tertiary/aromatic N) is 1. The first-order chi connectivity index (χ1) is 8.67. The molecule has 0 amide bonds. The molecule has 0 radical (unpaired) electrons. The summed E-state index contributed by atoms with van der Waals surface area (Å²) in [6.45, 7) is 2.74. The van der Waals surface area contributed by atoms with E-state index in [4.69, 9.17) is 17.0 Å². The minimum absolute atomic E-state index is 0.0545. The van der Waals surface area contributed by atoms with Crippen LogP contribution in [0.4, 0.5) is 0 Å². The summed E-state index contributed by atoms with van der Waals surface area (Å²) in [5.41, 5.74) is 0.694. The van der Waals surface area contributed by atoms with Crippen molar-refractivity contribution < 1.29 is 4.74 Å². The van der Waals surface area contributed by atoms with Gasteiger partial charge in [-0.1, -0.05) is 13.3 Å². The number of methoxy groups -OCH3 is 1. The highest BCUT2D eigenvalue weighted by molar-refractivity contribution is 7.71. The fourth-order valence-electron chi connectivity index (χ4n) is 1.88. The SMILES string of the molecule is CCCCn1c(=S)[nH]c2ccc(OC)cc2c1=O. The van der Waals surface area contributed by atoms with E-state index in [2.05, 4.69) is 11.9 Å². The van der Waals surface area contributed by atoms with Crippen LogP contribution in [0.15, 0.2) is 23.0 Å². The number of ether oxygens (including phenoxy) is 1. The lowest BCUT2D eigenvalue weighted by Crippen LogP contribution is -2.22. The standard InChI is InChI=1S/C13H16N2O2S/c1-3-4-7-15-12(16)10-8-9(17-2)5-6-11(10)14-13(15)18/h5-6,8H,3-4,7H2,1-2H3,(H,14,18). The highest BCUT2D eigenvalue weighted by Crippen LogP contribution is 2.16. The first-order valence-electron chi connectivity index (χ1n) is 5.98. The molecule has 1 N–H and O–H groups in total. The predicted octanol–water partition coefficient (Wildman–Crippen LogP) is 2.87. The molecule has 0 aliphatic heterocycles. The van der Waals surface area contributed by atoms with E-state index >= 15 is 0 Å². The summed E-state index contributed by atoms with van der Waals surface area (Å²) in [5, 5.41) is 0.610. The Hall–Kier alpha value is -1.62. The molecule has 96 valence electrons. The van der Waals surface area contributed by atoms with Crippen molar-refractivity contribution in [3.05, 3.63) is 33.3 Å². The maximum atomic E-state index is 12.3. The zero-order chi connectivity index (χ0) is 13.1. The summed E-state index contributed by atoms with van der Waals surface area (Å²) in [4.78, 5) is 15.4. The molecular formula is C13H16N2O2S. The van der Waals surface area contributed by atoms with Crippen LogP contribution in [0.2, 0.25) is 0 Å². The van der Waals surface area contributed by atoms with Crippen LogP contribution < -0.4 is 10.3 Å². The second-order valence-corrected chi connectivity index (χ2v) is 4.54.